The van der Waals surface area contributed by atoms with E-state index in [9.17, 15) is 14.7 Å². The Morgan fingerprint density at radius 2 is 1.79 bits per heavy atom. The summed E-state index contributed by atoms with van der Waals surface area (Å²) in [6.07, 6.45) is 0. The zero-order valence-corrected chi connectivity index (χ0v) is 17.6. The molecule has 146 valence electrons. The number of hydrogen-bond acceptors (Lipinski definition) is 4. The molecule has 1 N–H and O–H groups in total. The molecule has 4 nitrogen and oxygen atoms in total. The first-order valence-corrected chi connectivity index (χ1v) is 10.4. The Kier molecular flexibility index (Phi) is 5.21. The summed E-state index contributed by atoms with van der Waals surface area (Å²) >= 11 is 13.6. The van der Waals surface area contributed by atoms with Crippen LogP contribution >= 0.6 is 34.5 Å². The molecule has 2 aromatic carbocycles. The van der Waals surface area contributed by atoms with Gasteiger partial charge < -0.3 is 5.11 Å². The second-order valence-electron chi connectivity index (χ2n) is 6.63. The van der Waals surface area contributed by atoms with E-state index in [1.807, 2.05) is 24.4 Å². The lowest BCUT2D eigenvalue weighted by Gasteiger charge is -2.25. The van der Waals surface area contributed by atoms with Crippen LogP contribution in [0.4, 0.5) is 5.69 Å². The van der Waals surface area contributed by atoms with Gasteiger partial charge in [0.1, 0.15) is 11.8 Å². The number of hydrogen-bond donors (Lipinski definition) is 1. The van der Waals surface area contributed by atoms with Crippen LogP contribution < -0.4 is 4.90 Å². The molecule has 1 unspecified atom stereocenters. The zero-order chi connectivity index (χ0) is 20.7. The highest BCUT2D eigenvalue weighted by Gasteiger charge is 2.47. The number of halogens is 2. The number of nitrogens with zero attached hydrogens (tertiary/aromatic N) is 1. The van der Waals surface area contributed by atoms with Crippen LogP contribution in [-0.4, -0.2) is 16.8 Å². The van der Waals surface area contributed by atoms with E-state index in [1.54, 1.807) is 42.5 Å². The van der Waals surface area contributed by atoms with Crippen LogP contribution in [0.15, 0.2) is 65.6 Å². The highest BCUT2D eigenvalue weighted by molar-refractivity contribution is 7.10. The summed E-state index contributed by atoms with van der Waals surface area (Å²) in [5.41, 5.74) is 1.72. The number of anilines is 1. The smallest absolute Gasteiger partial charge is 0.300 e. The number of amides is 1. The van der Waals surface area contributed by atoms with E-state index in [1.165, 1.54) is 16.2 Å². The Morgan fingerprint density at radius 3 is 2.48 bits per heavy atom. The zero-order valence-electron chi connectivity index (χ0n) is 15.2. The lowest BCUT2D eigenvalue weighted by molar-refractivity contribution is -0.132. The maximum atomic E-state index is 13.1. The topological polar surface area (TPSA) is 57.6 Å². The van der Waals surface area contributed by atoms with Gasteiger partial charge in [0.05, 0.1) is 5.57 Å². The van der Waals surface area contributed by atoms with Crippen molar-refractivity contribution < 1.29 is 14.7 Å². The standard InChI is InChI=1S/C22H15Cl2NO3S/c1-12-7-8-15(24)11-16(12)25-19(17-6-3-9-29-17)18(21(27)22(25)28)20(26)13-4-2-5-14(23)10-13/h2-11,19,26H,1H3/b20-18-. The highest BCUT2D eigenvalue weighted by atomic mass is 35.5. The number of aryl methyl sites for hydroxylation is 1. The van der Waals surface area contributed by atoms with Crippen molar-refractivity contribution in [1.29, 1.82) is 0 Å². The molecule has 1 amide bonds. The summed E-state index contributed by atoms with van der Waals surface area (Å²) in [7, 11) is 0. The summed E-state index contributed by atoms with van der Waals surface area (Å²) in [6.45, 7) is 1.84. The van der Waals surface area contributed by atoms with Crippen LogP contribution in [-0.2, 0) is 9.59 Å². The Bertz CT molecular complexity index is 1150. The summed E-state index contributed by atoms with van der Waals surface area (Å²) in [5, 5.41) is 13.7. The first-order valence-electron chi connectivity index (χ1n) is 8.75. The SMILES string of the molecule is Cc1ccc(Cl)cc1N1C(=O)C(=O)/C(=C(\O)c2cccc(Cl)c2)C1c1cccs1. The number of thiophene rings is 1. The van der Waals surface area contributed by atoms with Crippen molar-refractivity contribution in [3.05, 3.63) is 91.6 Å². The molecule has 1 aliphatic heterocycles. The van der Waals surface area contributed by atoms with Crippen LogP contribution in [0.5, 0.6) is 0 Å². The molecular weight excluding hydrogens is 429 g/mol. The van der Waals surface area contributed by atoms with Crippen LogP contribution in [0, 0.1) is 6.92 Å². The Balaban J connectivity index is 1.97. The first kappa shape index (κ1) is 19.7. The van der Waals surface area contributed by atoms with Crippen LogP contribution in [0.3, 0.4) is 0 Å². The molecule has 1 saturated heterocycles. The number of benzene rings is 2. The van der Waals surface area contributed by atoms with Gasteiger partial charge in [0, 0.05) is 26.2 Å². The van der Waals surface area contributed by atoms with Crippen molar-refractivity contribution in [1.82, 2.24) is 0 Å². The van der Waals surface area contributed by atoms with E-state index in [0.717, 1.165) is 10.4 Å². The van der Waals surface area contributed by atoms with Crippen molar-refractivity contribution in [3.8, 4) is 0 Å². The summed E-state index contributed by atoms with van der Waals surface area (Å²) in [5.74, 6) is -1.72. The largest absolute Gasteiger partial charge is 0.507 e. The minimum absolute atomic E-state index is 0.0269. The molecule has 1 atom stereocenters. The maximum absolute atomic E-state index is 13.1. The van der Waals surface area contributed by atoms with E-state index in [4.69, 9.17) is 23.2 Å². The third kappa shape index (κ3) is 3.46. The second kappa shape index (κ2) is 7.67. The van der Waals surface area contributed by atoms with E-state index in [-0.39, 0.29) is 11.3 Å². The Morgan fingerprint density at radius 1 is 1.03 bits per heavy atom. The fraction of sp³-hybridized carbons (Fsp3) is 0.0909. The van der Waals surface area contributed by atoms with Crippen molar-refractivity contribution >= 4 is 57.7 Å². The minimum Gasteiger partial charge on any atom is -0.507 e. The van der Waals surface area contributed by atoms with Crippen LogP contribution in [0.2, 0.25) is 10.0 Å². The second-order valence-corrected chi connectivity index (χ2v) is 8.48. The predicted octanol–water partition coefficient (Wildman–Crippen LogP) is 5.99. The Labute approximate surface area is 181 Å². The average molecular weight is 444 g/mol. The molecular formula is C22H15Cl2NO3S. The van der Waals surface area contributed by atoms with Crippen LogP contribution in [0.1, 0.15) is 22.0 Å². The summed E-state index contributed by atoms with van der Waals surface area (Å²) in [6, 6.07) is 14.6. The van der Waals surface area contributed by atoms with Crippen LogP contribution in [0.25, 0.3) is 5.76 Å². The van der Waals surface area contributed by atoms with Gasteiger partial charge in [-0.3, -0.25) is 14.5 Å². The Hall–Kier alpha value is -2.60. The van der Waals surface area contributed by atoms with Gasteiger partial charge in [-0.2, -0.15) is 0 Å². The molecule has 0 saturated carbocycles. The fourth-order valence-electron chi connectivity index (χ4n) is 3.43. The molecule has 0 spiro atoms. The van der Waals surface area contributed by atoms with Crippen molar-refractivity contribution in [3.63, 3.8) is 0 Å². The van der Waals surface area contributed by atoms with Gasteiger partial charge in [0.15, 0.2) is 0 Å². The molecule has 29 heavy (non-hydrogen) atoms. The van der Waals surface area contributed by atoms with Gasteiger partial charge in [-0.15, -0.1) is 11.3 Å². The lowest BCUT2D eigenvalue weighted by atomic mass is 9.99. The molecule has 0 radical (unpaired) electrons. The van der Waals surface area contributed by atoms with Gasteiger partial charge in [-0.25, -0.2) is 0 Å². The molecule has 0 aliphatic carbocycles. The van der Waals surface area contributed by atoms with Gasteiger partial charge in [0.2, 0.25) is 0 Å². The molecule has 0 bridgehead atoms. The number of carbonyl (C=O) groups excluding carboxylic acids is 2. The van der Waals surface area contributed by atoms with E-state index in [2.05, 4.69) is 0 Å². The van der Waals surface area contributed by atoms with Gasteiger partial charge in [-0.05, 0) is 48.2 Å². The number of aliphatic hydroxyl groups is 1. The van der Waals surface area contributed by atoms with E-state index < -0.39 is 17.7 Å². The molecule has 3 aromatic rings. The molecule has 7 heteroatoms. The normalized spacial score (nSPS) is 18.4. The number of aliphatic hydroxyl groups excluding tert-OH is 1. The molecule has 1 aliphatic rings. The third-order valence-electron chi connectivity index (χ3n) is 4.79. The molecule has 2 heterocycles. The third-order valence-corrected chi connectivity index (χ3v) is 6.18. The number of rotatable bonds is 3. The van der Waals surface area contributed by atoms with E-state index in [0.29, 0.717) is 21.3 Å². The lowest BCUT2D eigenvalue weighted by Crippen LogP contribution is -2.29. The van der Waals surface area contributed by atoms with Gasteiger partial charge >= 0.3 is 0 Å². The van der Waals surface area contributed by atoms with Crippen molar-refractivity contribution in [2.45, 2.75) is 13.0 Å². The van der Waals surface area contributed by atoms with E-state index >= 15 is 0 Å². The monoisotopic (exact) mass is 443 g/mol. The average Bonchev–Trinajstić information content (AvgIpc) is 3.31. The minimum atomic E-state index is -0.758. The van der Waals surface area contributed by atoms with Crippen molar-refractivity contribution in [2.75, 3.05) is 4.90 Å². The highest BCUT2D eigenvalue weighted by Crippen LogP contribution is 2.44. The quantitative estimate of drug-likeness (QED) is 0.307. The molecule has 4 rings (SSSR count). The fourth-order valence-corrected chi connectivity index (χ4v) is 4.61. The number of carbonyl (C=O) groups is 2. The van der Waals surface area contributed by atoms with Crippen molar-refractivity contribution in [2.24, 2.45) is 0 Å². The van der Waals surface area contributed by atoms with Gasteiger partial charge in [0.25, 0.3) is 11.7 Å². The molecule has 1 aromatic heterocycles. The number of ketones is 1. The van der Waals surface area contributed by atoms with Gasteiger partial charge in [-0.1, -0.05) is 47.5 Å². The first-order chi connectivity index (χ1) is 13.9. The summed E-state index contributed by atoms with van der Waals surface area (Å²) < 4.78 is 0. The number of Topliss-reactive ketones (excluding diaryl/α,β-unsaturated/α-hetero) is 1. The molecule has 1 fully saturated rings. The predicted molar refractivity (Wildman–Crippen MR) is 117 cm³/mol. The maximum Gasteiger partial charge on any atom is 0.300 e. The summed E-state index contributed by atoms with van der Waals surface area (Å²) in [4.78, 5) is 28.2.